The van der Waals surface area contributed by atoms with Crippen LogP contribution in [0.25, 0.3) is 0 Å². The molecule has 0 atom stereocenters. The fourth-order valence-corrected chi connectivity index (χ4v) is 1.66. The molecule has 0 amide bonds. The van der Waals surface area contributed by atoms with E-state index in [1.165, 1.54) is 11.1 Å². The van der Waals surface area contributed by atoms with Crippen LogP contribution in [0.5, 0.6) is 0 Å². The van der Waals surface area contributed by atoms with Crippen molar-refractivity contribution in [1.82, 2.24) is 5.32 Å². The van der Waals surface area contributed by atoms with Gasteiger partial charge in [-0.15, -0.1) is 0 Å². The second-order valence-corrected chi connectivity index (χ2v) is 5.59. The van der Waals surface area contributed by atoms with Crippen molar-refractivity contribution in [3.63, 3.8) is 0 Å². The number of benzene rings is 1. The summed E-state index contributed by atoms with van der Waals surface area (Å²) in [6.07, 6.45) is 1.13. The second-order valence-electron chi connectivity index (χ2n) is 5.59. The fourth-order valence-electron chi connectivity index (χ4n) is 1.66. The molecule has 0 aromatic heterocycles. The lowest BCUT2D eigenvalue weighted by atomic mass is 10.1. The molecule has 2 nitrogen and oxygen atoms in total. The van der Waals surface area contributed by atoms with E-state index in [4.69, 9.17) is 4.74 Å². The fraction of sp³-hybridized carbons (Fsp3) is 0.625. The predicted molar refractivity (Wildman–Crippen MR) is 77.5 cm³/mol. The Morgan fingerprint density at radius 3 is 2.50 bits per heavy atom. The van der Waals surface area contributed by atoms with Crippen LogP contribution >= 0.6 is 0 Å². The van der Waals surface area contributed by atoms with Gasteiger partial charge in [0.25, 0.3) is 0 Å². The lowest BCUT2D eigenvalue weighted by Crippen LogP contribution is -2.21. The molecule has 0 spiro atoms. The van der Waals surface area contributed by atoms with Crippen LogP contribution in [0.1, 0.15) is 45.2 Å². The van der Waals surface area contributed by atoms with Gasteiger partial charge in [-0.2, -0.15) is 0 Å². The van der Waals surface area contributed by atoms with Gasteiger partial charge in [-0.1, -0.05) is 52.0 Å². The van der Waals surface area contributed by atoms with Gasteiger partial charge in [0, 0.05) is 19.2 Å². The summed E-state index contributed by atoms with van der Waals surface area (Å²) in [6, 6.07) is 9.15. The molecule has 1 rings (SSSR count). The Bertz CT molecular complexity index is 334. The van der Waals surface area contributed by atoms with Crippen LogP contribution in [-0.4, -0.2) is 12.6 Å². The SMILES string of the molecule is CC(C)CCOCc1cccc(CNC(C)C)c1. The smallest absolute Gasteiger partial charge is 0.0716 e. The molecule has 1 aromatic carbocycles. The summed E-state index contributed by atoms with van der Waals surface area (Å²) in [7, 11) is 0. The van der Waals surface area contributed by atoms with E-state index in [0.29, 0.717) is 12.0 Å². The van der Waals surface area contributed by atoms with Crippen molar-refractivity contribution in [2.24, 2.45) is 5.92 Å². The first-order valence-corrected chi connectivity index (χ1v) is 6.97. The van der Waals surface area contributed by atoms with Gasteiger partial charge >= 0.3 is 0 Å². The first kappa shape index (κ1) is 15.2. The lowest BCUT2D eigenvalue weighted by Gasteiger charge is -2.10. The highest BCUT2D eigenvalue weighted by molar-refractivity contribution is 5.22. The number of nitrogens with one attached hydrogen (secondary N) is 1. The minimum absolute atomic E-state index is 0.524. The summed E-state index contributed by atoms with van der Waals surface area (Å²) < 4.78 is 5.69. The number of ether oxygens (including phenoxy) is 1. The average molecular weight is 249 g/mol. The molecule has 0 unspecified atom stereocenters. The van der Waals surface area contributed by atoms with Crippen molar-refractivity contribution in [3.05, 3.63) is 35.4 Å². The van der Waals surface area contributed by atoms with Crippen LogP contribution < -0.4 is 5.32 Å². The zero-order valence-corrected chi connectivity index (χ0v) is 12.2. The van der Waals surface area contributed by atoms with E-state index in [2.05, 4.69) is 57.3 Å². The van der Waals surface area contributed by atoms with Crippen LogP contribution in [0.15, 0.2) is 24.3 Å². The summed E-state index contributed by atoms with van der Waals surface area (Å²) in [5, 5.41) is 3.43. The van der Waals surface area contributed by atoms with E-state index < -0.39 is 0 Å². The third kappa shape index (κ3) is 6.77. The molecule has 0 bridgehead atoms. The monoisotopic (exact) mass is 249 g/mol. The van der Waals surface area contributed by atoms with Crippen molar-refractivity contribution < 1.29 is 4.74 Å². The highest BCUT2D eigenvalue weighted by Gasteiger charge is 1.99. The van der Waals surface area contributed by atoms with Crippen LogP contribution in [0.4, 0.5) is 0 Å². The molecule has 0 aliphatic carbocycles. The minimum atomic E-state index is 0.524. The van der Waals surface area contributed by atoms with E-state index in [-0.39, 0.29) is 0 Å². The molecule has 0 radical (unpaired) electrons. The van der Waals surface area contributed by atoms with Crippen LogP contribution in [0, 0.1) is 5.92 Å². The molecule has 102 valence electrons. The minimum Gasteiger partial charge on any atom is -0.377 e. The van der Waals surface area contributed by atoms with Gasteiger partial charge in [0.05, 0.1) is 6.61 Å². The summed E-state index contributed by atoms with van der Waals surface area (Å²) in [5.74, 6) is 0.714. The Kier molecular flexibility index (Phi) is 6.99. The summed E-state index contributed by atoms with van der Waals surface area (Å²) in [6.45, 7) is 11.3. The van der Waals surface area contributed by atoms with Crippen molar-refractivity contribution >= 4 is 0 Å². The van der Waals surface area contributed by atoms with Crippen molar-refractivity contribution in [3.8, 4) is 0 Å². The first-order chi connectivity index (χ1) is 8.58. The standard InChI is InChI=1S/C16H27NO/c1-13(2)8-9-18-12-16-7-5-6-15(10-16)11-17-14(3)4/h5-7,10,13-14,17H,8-9,11-12H2,1-4H3. The van der Waals surface area contributed by atoms with Crippen molar-refractivity contribution in [2.45, 2.75) is 53.3 Å². The molecule has 0 aliphatic rings. The third-order valence-corrected chi connectivity index (χ3v) is 2.81. The molecule has 2 heteroatoms. The zero-order valence-electron chi connectivity index (χ0n) is 12.2. The van der Waals surface area contributed by atoms with E-state index in [9.17, 15) is 0 Å². The van der Waals surface area contributed by atoms with Crippen LogP contribution in [0.3, 0.4) is 0 Å². The Morgan fingerprint density at radius 2 is 1.83 bits per heavy atom. The Labute approximate surface area is 112 Å². The van der Waals surface area contributed by atoms with E-state index in [0.717, 1.165) is 26.2 Å². The number of hydrogen-bond acceptors (Lipinski definition) is 2. The van der Waals surface area contributed by atoms with E-state index in [1.807, 2.05) is 0 Å². The maximum Gasteiger partial charge on any atom is 0.0716 e. The molecule has 0 aliphatic heterocycles. The topological polar surface area (TPSA) is 21.3 Å². The van der Waals surface area contributed by atoms with Gasteiger partial charge in [0.1, 0.15) is 0 Å². The lowest BCUT2D eigenvalue weighted by molar-refractivity contribution is 0.110. The van der Waals surface area contributed by atoms with Crippen LogP contribution in [-0.2, 0) is 17.9 Å². The summed E-state index contributed by atoms with van der Waals surface area (Å²) in [5.41, 5.74) is 2.59. The molecule has 0 saturated heterocycles. The van der Waals surface area contributed by atoms with E-state index >= 15 is 0 Å². The Morgan fingerprint density at radius 1 is 1.11 bits per heavy atom. The van der Waals surface area contributed by atoms with Crippen molar-refractivity contribution in [2.75, 3.05) is 6.61 Å². The summed E-state index contributed by atoms with van der Waals surface area (Å²) in [4.78, 5) is 0. The van der Waals surface area contributed by atoms with Gasteiger partial charge in [0.2, 0.25) is 0 Å². The Hall–Kier alpha value is -0.860. The number of hydrogen-bond donors (Lipinski definition) is 1. The highest BCUT2D eigenvalue weighted by atomic mass is 16.5. The van der Waals surface area contributed by atoms with Gasteiger partial charge in [-0.05, 0) is 23.5 Å². The predicted octanol–water partition coefficient (Wildman–Crippen LogP) is 3.75. The quantitative estimate of drug-likeness (QED) is 0.709. The molecule has 0 heterocycles. The van der Waals surface area contributed by atoms with Gasteiger partial charge in [-0.3, -0.25) is 0 Å². The zero-order chi connectivity index (χ0) is 13.4. The van der Waals surface area contributed by atoms with Gasteiger partial charge in [0.15, 0.2) is 0 Å². The van der Waals surface area contributed by atoms with Crippen molar-refractivity contribution in [1.29, 1.82) is 0 Å². The third-order valence-electron chi connectivity index (χ3n) is 2.81. The molecule has 0 saturated carbocycles. The molecule has 18 heavy (non-hydrogen) atoms. The normalized spacial score (nSPS) is 11.4. The molecule has 1 aromatic rings. The molecular weight excluding hydrogens is 222 g/mol. The van der Waals surface area contributed by atoms with E-state index in [1.54, 1.807) is 0 Å². The molecule has 0 fully saturated rings. The van der Waals surface area contributed by atoms with Gasteiger partial charge < -0.3 is 10.1 Å². The highest BCUT2D eigenvalue weighted by Crippen LogP contribution is 2.08. The maximum absolute atomic E-state index is 5.69. The maximum atomic E-state index is 5.69. The van der Waals surface area contributed by atoms with Crippen LogP contribution in [0.2, 0.25) is 0 Å². The average Bonchev–Trinajstić information content (AvgIpc) is 2.32. The second kappa shape index (κ2) is 8.28. The number of rotatable bonds is 8. The molecule has 1 N–H and O–H groups in total. The van der Waals surface area contributed by atoms with Gasteiger partial charge in [-0.25, -0.2) is 0 Å². The Balaban J connectivity index is 2.34. The first-order valence-electron chi connectivity index (χ1n) is 6.97. The molecular formula is C16H27NO. The summed E-state index contributed by atoms with van der Waals surface area (Å²) >= 11 is 0. The largest absolute Gasteiger partial charge is 0.377 e.